The number of aryl methyl sites for hydroxylation is 1. The molecule has 19 heavy (non-hydrogen) atoms. The highest BCUT2D eigenvalue weighted by molar-refractivity contribution is 7.16. The molecule has 7 heteroatoms. The Morgan fingerprint density at radius 1 is 1.42 bits per heavy atom. The van der Waals surface area contributed by atoms with E-state index >= 15 is 0 Å². The van der Waals surface area contributed by atoms with Gasteiger partial charge in [-0.15, -0.1) is 11.3 Å². The molecule has 2 aromatic heterocycles. The van der Waals surface area contributed by atoms with E-state index < -0.39 is 5.97 Å². The summed E-state index contributed by atoms with van der Waals surface area (Å²) in [5, 5.41) is 12.8. The molecule has 0 aliphatic heterocycles. The fourth-order valence-electron chi connectivity index (χ4n) is 1.77. The summed E-state index contributed by atoms with van der Waals surface area (Å²) in [4.78, 5) is 15.4. The number of aromatic carboxylic acids is 1. The Kier molecular flexibility index (Phi) is 2.92. The number of hydrogen-bond donors (Lipinski definition) is 2. The molecule has 0 unspecified atom stereocenters. The average Bonchev–Trinajstić information content (AvgIpc) is 2.95. The Balaban J connectivity index is 1.98. The van der Waals surface area contributed by atoms with Crippen molar-refractivity contribution in [2.24, 2.45) is 0 Å². The lowest BCUT2D eigenvalue weighted by molar-refractivity contribution is 0.0697. The van der Waals surface area contributed by atoms with Gasteiger partial charge in [0.15, 0.2) is 0 Å². The van der Waals surface area contributed by atoms with Crippen LogP contribution in [0.25, 0.3) is 10.2 Å². The third kappa shape index (κ3) is 2.18. The topological polar surface area (TPSA) is 75.1 Å². The lowest BCUT2D eigenvalue weighted by Gasteiger charge is -2.04. The van der Waals surface area contributed by atoms with Crippen molar-refractivity contribution in [3.8, 4) is 0 Å². The molecule has 0 radical (unpaired) electrons. The number of thiazole rings is 1. The first-order chi connectivity index (χ1) is 9.15. The molecular formula is C12H9N3O2S2. The summed E-state index contributed by atoms with van der Waals surface area (Å²) >= 11 is 2.70. The largest absolute Gasteiger partial charge is 0.478 e. The van der Waals surface area contributed by atoms with E-state index in [0.717, 1.165) is 27.4 Å². The van der Waals surface area contributed by atoms with Crippen LogP contribution in [-0.4, -0.2) is 20.4 Å². The van der Waals surface area contributed by atoms with Gasteiger partial charge in [-0.1, -0.05) is 0 Å². The number of anilines is 2. The van der Waals surface area contributed by atoms with Gasteiger partial charge in [-0.05, 0) is 36.7 Å². The minimum Gasteiger partial charge on any atom is -0.478 e. The monoisotopic (exact) mass is 291 g/mol. The van der Waals surface area contributed by atoms with Crippen LogP contribution in [0.3, 0.4) is 0 Å². The van der Waals surface area contributed by atoms with Crippen molar-refractivity contribution in [2.75, 3.05) is 5.32 Å². The van der Waals surface area contributed by atoms with Gasteiger partial charge >= 0.3 is 5.97 Å². The summed E-state index contributed by atoms with van der Waals surface area (Å²) in [7, 11) is 0. The van der Waals surface area contributed by atoms with Gasteiger partial charge in [0.2, 0.25) is 0 Å². The molecule has 0 aliphatic carbocycles. The van der Waals surface area contributed by atoms with Crippen molar-refractivity contribution in [1.29, 1.82) is 0 Å². The molecule has 2 heterocycles. The fourth-order valence-corrected chi connectivity index (χ4v) is 3.30. The van der Waals surface area contributed by atoms with Gasteiger partial charge in [-0.3, -0.25) is 0 Å². The van der Waals surface area contributed by atoms with Crippen LogP contribution >= 0.6 is 22.9 Å². The molecule has 96 valence electrons. The normalized spacial score (nSPS) is 10.8. The fraction of sp³-hybridized carbons (Fsp3) is 0.0833. The number of carbonyl (C=O) groups is 1. The molecule has 0 bridgehead atoms. The van der Waals surface area contributed by atoms with Crippen LogP contribution in [0.15, 0.2) is 23.7 Å². The van der Waals surface area contributed by atoms with Crippen LogP contribution < -0.4 is 5.32 Å². The quantitative estimate of drug-likeness (QED) is 0.772. The molecule has 3 aromatic rings. The maximum Gasteiger partial charge on any atom is 0.340 e. The van der Waals surface area contributed by atoms with E-state index in [2.05, 4.69) is 14.7 Å². The predicted molar refractivity (Wildman–Crippen MR) is 76.7 cm³/mol. The molecule has 0 fully saturated rings. The van der Waals surface area contributed by atoms with Crippen molar-refractivity contribution < 1.29 is 9.90 Å². The molecule has 0 atom stereocenters. The number of nitrogens with one attached hydrogen (secondary N) is 1. The number of benzene rings is 1. The molecule has 0 amide bonds. The molecule has 0 spiro atoms. The first-order valence-electron chi connectivity index (χ1n) is 5.45. The van der Waals surface area contributed by atoms with E-state index in [-0.39, 0.29) is 5.56 Å². The molecular weight excluding hydrogens is 282 g/mol. The van der Waals surface area contributed by atoms with E-state index in [1.165, 1.54) is 0 Å². The van der Waals surface area contributed by atoms with Crippen LogP contribution in [-0.2, 0) is 0 Å². The Labute approximate surface area is 116 Å². The highest BCUT2D eigenvalue weighted by Gasteiger charge is 2.17. The van der Waals surface area contributed by atoms with Crippen molar-refractivity contribution >= 4 is 49.7 Å². The van der Waals surface area contributed by atoms with Crippen molar-refractivity contribution in [2.45, 2.75) is 6.92 Å². The predicted octanol–water partition coefficient (Wildman–Crippen LogP) is 3.50. The van der Waals surface area contributed by atoms with Gasteiger partial charge in [0.25, 0.3) is 0 Å². The van der Waals surface area contributed by atoms with Crippen LogP contribution in [0.2, 0.25) is 0 Å². The number of carboxylic acid groups (broad SMARTS) is 1. The molecule has 5 nitrogen and oxygen atoms in total. The zero-order chi connectivity index (χ0) is 13.4. The summed E-state index contributed by atoms with van der Waals surface area (Å²) in [6, 6.07) is 5.74. The van der Waals surface area contributed by atoms with Gasteiger partial charge < -0.3 is 10.4 Å². The van der Waals surface area contributed by atoms with E-state index in [1.54, 1.807) is 23.8 Å². The number of aromatic nitrogens is 2. The minimum absolute atomic E-state index is 0.231. The van der Waals surface area contributed by atoms with Crippen LogP contribution in [0.5, 0.6) is 0 Å². The lowest BCUT2D eigenvalue weighted by Crippen LogP contribution is -2.01. The minimum atomic E-state index is -0.965. The number of carboxylic acids is 1. The zero-order valence-corrected chi connectivity index (χ0v) is 11.5. The molecule has 1 aromatic carbocycles. The highest BCUT2D eigenvalue weighted by Crippen LogP contribution is 2.30. The lowest BCUT2D eigenvalue weighted by atomic mass is 10.2. The molecule has 0 saturated carbocycles. The SMILES string of the molecule is Cc1nsc(Nc2ccc3ncsc3c2)c1C(=O)O. The van der Waals surface area contributed by atoms with Crippen molar-refractivity contribution in [3.63, 3.8) is 0 Å². The van der Waals surface area contributed by atoms with Gasteiger partial charge in [-0.25, -0.2) is 9.78 Å². The van der Waals surface area contributed by atoms with Crippen LogP contribution in [0.4, 0.5) is 10.7 Å². The second kappa shape index (κ2) is 4.60. The number of fused-ring (bicyclic) bond motifs is 1. The summed E-state index contributed by atoms with van der Waals surface area (Å²) in [5.41, 5.74) is 4.32. The van der Waals surface area contributed by atoms with Gasteiger partial charge in [0.05, 0.1) is 21.4 Å². The average molecular weight is 291 g/mol. The number of rotatable bonds is 3. The maximum absolute atomic E-state index is 11.2. The Morgan fingerprint density at radius 2 is 2.26 bits per heavy atom. The van der Waals surface area contributed by atoms with E-state index in [9.17, 15) is 9.90 Å². The van der Waals surface area contributed by atoms with E-state index in [0.29, 0.717) is 10.7 Å². The van der Waals surface area contributed by atoms with Crippen molar-refractivity contribution in [3.05, 3.63) is 35.0 Å². The van der Waals surface area contributed by atoms with Gasteiger partial charge in [-0.2, -0.15) is 4.37 Å². The summed E-state index contributed by atoms with van der Waals surface area (Å²) in [6.07, 6.45) is 0. The molecule has 0 saturated heterocycles. The second-order valence-electron chi connectivity index (χ2n) is 3.94. The van der Waals surface area contributed by atoms with Crippen LogP contribution in [0.1, 0.15) is 16.1 Å². The third-order valence-electron chi connectivity index (χ3n) is 2.67. The first kappa shape index (κ1) is 12.1. The first-order valence-corrected chi connectivity index (χ1v) is 7.10. The van der Waals surface area contributed by atoms with E-state index in [4.69, 9.17) is 0 Å². The summed E-state index contributed by atoms with van der Waals surface area (Å²) < 4.78 is 5.13. The standard InChI is InChI=1S/C12H9N3O2S2/c1-6-10(12(16)17)11(19-15-6)14-7-2-3-8-9(4-7)18-5-13-8/h2-5,14H,1H3,(H,16,17). The smallest absolute Gasteiger partial charge is 0.340 e. The number of hydrogen-bond acceptors (Lipinski definition) is 6. The Bertz CT molecular complexity index is 763. The Morgan fingerprint density at radius 3 is 3.05 bits per heavy atom. The molecule has 0 aliphatic rings. The Hall–Kier alpha value is -1.99. The number of nitrogens with zero attached hydrogens (tertiary/aromatic N) is 2. The van der Waals surface area contributed by atoms with Gasteiger partial charge in [0, 0.05) is 5.69 Å². The molecule has 3 rings (SSSR count). The zero-order valence-electron chi connectivity index (χ0n) is 9.88. The van der Waals surface area contributed by atoms with Crippen molar-refractivity contribution in [1.82, 2.24) is 9.36 Å². The molecule has 2 N–H and O–H groups in total. The summed E-state index contributed by atoms with van der Waals surface area (Å²) in [6.45, 7) is 1.69. The van der Waals surface area contributed by atoms with Crippen LogP contribution in [0, 0.1) is 6.92 Å². The van der Waals surface area contributed by atoms with Gasteiger partial charge in [0.1, 0.15) is 10.6 Å². The second-order valence-corrected chi connectivity index (χ2v) is 5.60. The highest BCUT2D eigenvalue weighted by atomic mass is 32.1. The van der Waals surface area contributed by atoms with E-state index in [1.807, 2.05) is 18.2 Å². The third-order valence-corrected chi connectivity index (χ3v) is 4.31. The summed E-state index contributed by atoms with van der Waals surface area (Å²) in [5.74, 6) is -0.965. The maximum atomic E-state index is 11.2.